The zero-order chi connectivity index (χ0) is 19.4. The zero-order valence-corrected chi connectivity index (χ0v) is 16.5. The molecule has 2 heterocycles. The van der Waals surface area contributed by atoms with Gasteiger partial charge in [0, 0.05) is 24.1 Å². The van der Waals surface area contributed by atoms with E-state index in [1.807, 2.05) is 44.4 Å². The first-order valence-corrected chi connectivity index (χ1v) is 9.73. The molecule has 0 unspecified atom stereocenters. The number of aromatic nitrogens is 1. The van der Waals surface area contributed by atoms with Gasteiger partial charge in [0.1, 0.15) is 5.52 Å². The fraction of sp³-hybridized carbons (Fsp3) is 0.350. The van der Waals surface area contributed by atoms with E-state index >= 15 is 0 Å². The number of anilines is 1. The second-order valence-corrected chi connectivity index (χ2v) is 8.28. The van der Waals surface area contributed by atoms with Crippen LogP contribution >= 0.6 is 11.3 Å². The molecule has 0 aliphatic carbocycles. The summed E-state index contributed by atoms with van der Waals surface area (Å²) in [7, 11) is 0. The molecule has 0 saturated heterocycles. The van der Waals surface area contributed by atoms with Crippen molar-refractivity contribution in [1.29, 1.82) is 0 Å². The van der Waals surface area contributed by atoms with Gasteiger partial charge in [0.25, 0.3) is 5.91 Å². The summed E-state index contributed by atoms with van der Waals surface area (Å²) in [4.78, 5) is 29.1. The molecule has 0 aliphatic heterocycles. The highest BCUT2D eigenvalue weighted by molar-refractivity contribution is 7.12. The molecule has 3 aromatic rings. The van der Waals surface area contributed by atoms with E-state index in [2.05, 4.69) is 15.6 Å². The molecule has 142 valence electrons. The van der Waals surface area contributed by atoms with Gasteiger partial charge >= 0.3 is 0 Å². The molecular formula is C20H23N3O3S. The highest BCUT2D eigenvalue weighted by Gasteiger charge is 2.21. The zero-order valence-electron chi connectivity index (χ0n) is 15.7. The highest BCUT2D eigenvalue weighted by atomic mass is 32.1. The maximum Gasteiger partial charge on any atom is 0.261 e. The van der Waals surface area contributed by atoms with E-state index < -0.39 is 0 Å². The van der Waals surface area contributed by atoms with Crippen LogP contribution in [0.15, 0.2) is 40.1 Å². The number of amides is 2. The third kappa shape index (κ3) is 4.95. The summed E-state index contributed by atoms with van der Waals surface area (Å²) in [6.07, 6.45) is 0.901. The number of nitrogens with one attached hydrogen (secondary N) is 2. The Kier molecular flexibility index (Phi) is 5.60. The average molecular weight is 385 g/mol. The fourth-order valence-electron chi connectivity index (χ4n) is 2.50. The molecule has 0 fully saturated rings. The van der Waals surface area contributed by atoms with Gasteiger partial charge < -0.3 is 15.1 Å². The Bertz CT molecular complexity index is 939. The van der Waals surface area contributed by atoms with Crippen LogP contribution in [0.3, 0.4) is 0 Å². The summed E-state index contributed by atoms with van der Waals surface area (Å²) in [6.45, 7) is 6.58. The van der Waals surface area contributed by atoms with E-state index in [-0.39, 0.29) is 17.2 Å². The van der Waals surface area contributed by atoms with Gasteiger partial charge in [0.2, 0.25) is 11.8 Å². The van der Waals surface area contributed by atoms with E-state index in [0.717, 1.165) is 5.52 Å². The second-order valence-electron chi connectivity index (χ2n) is 7.34. The lowest BCUT2D eigenvalue weighted by atomic mass is 9.97. The quantitative estimate of drug-likeness (QED) is 0.618. The van der Waals surface area contributed by atoms with Crippen LogP contribution in [-0.4, -0.2) is 23.3 Å². The van der Waals surface area contributed by atoms with Crippen molar-refractivity contribution in [2.45, 2.75) is 39.0 Å². The van der Waals surface area contributed by atoms with Gasteiger partial charge in [0.15, 0.2) is 5.58 Å². The highest BCUT2D eigenvalue weighted by Crippen LogP contribution is 2.27. The van der Waals surface area contributed by atoms with Crippen molar-refractivity contribution >= 4 is 39.9 Å². The number of nitrogens with zero attached hydrogens (tertiary/aromatic N) is 1. The molecule has 0 atom stereocenters. The lowest BCUT2D eigenvalue weighted by Crippen LogP contribution is -2.24. The maximum atomic E-state index is 12.1. The van der Waals surface area contributed by atoms with Crippen molar-refractivity contribution in [2.75, 3.05) is 11.9 Å². The summed E-state index contributed by atoms with van der Waals surface area (Å²) >= 11 is 1.40. The van der Waals surface area contributed by atoms with Crippen molar-refractivity contribution in [2.24, 2.45) is 0 Å². The Morgan fingerprint density at radius 2 is 2.04 bits per heavy atom. The van der Waals surface area contributed by atoms with Crippen molar-refractivity contribution in [1.82, 2.24) is 10.3 Å². The molecule has 7 heteroatoms. The fourth-order valence-corrected chi connectivity index (χ4v) is 3.14. The van der Waals surface area contributed by atoms with E-state index in [0.29, 0.717) is 41.4 Å². The Hall–Kier alpha value is -2.67. The molecule has 0 bridgehead atoms. The van der Waals surface area contributed by atoms with Gasteiger partial charge in [-0.05, 0) is 36.1 Å². The number of oxazole rings is 1. The number of hydrogen-bond donors (Lipinski definition) is 2. The molecule has 27 heavy (non-hydrogen) atoms. The standard InChI is InChI=1S/C20H23N3O3S/c1-20(2,3)19-23-14-12-13(8-9-15(14)26-19)22-17(24)7-4-10-21-18(25)16-6-5-11-27-16/h5-6,8-9,11-12H,4,7,10H2,1-3H3,(H,21,25)(H,22,24). The minimum atomic E-state index is -0.171. The molecule has 2 N–H and O–H groups in total. The first-order chi connectivity index (χ1) is 12.8. The second kappa shape index (κ2) is 7.92. The molecule has 0 spiro atoms. The summed E-state index contributed by atoms with van der Waals surface area (Å²) in [6, 6.07) is 9.04. The first-order valence-electron chi connectivity index (χ1n) is 8.85. The Labute approximate surface area is 162 Å². The number of fused-ring (bicyclic) bond motifs is 1. The van der Waals surface area contributed by atoms with Gasteiger partial charge in [-0.25, -0.2) is 4.98 Å². The predicted octanol–water partition coefficient (Wildman–Crippen LogP) is 4.34. The van der Waals surface area contributed by atoms with Crippen molar-refractivity contribution < 1.29 is 14.0 Å². The molecule has 2 amide bonds. The van der Waals surface area contributed by atoms with Crippen molar-refractivity contribution in [3.63, 3.8) is 0 Å². The number of thiophene rings is 1. The average Bonchev–Trinajstić information content (AvgIpc) is 3.27. The normalized spacial score (nSPS) is 11.5. The molecule has 0 saturated carbocycles. The number of hydrogen-bond acceptors (Lipinski definition) is 5. The monoisotopic (exact) mass is 385 g/mol. The van der Waals surface area contributed by atoms with Gasteiger partial charge in [-0.2, -0.15) is 0 Å². The Balaban J connectivity index is 1.49. The molecular weight excluding hydrogens is 362 g/mol. The molecule has 6 nitrogen and oxygen atoms in total. The van der Waals surface area contributed by atoms with Crippen LogP contribution < -0.4 is 10.6 Å². The topological polar surface area (TPSA) is 84.2 Å². The van der Waals surface area contributed by atoms with E-state index in [1.54, 1.807) is 12.1 Å². The smallest absolute Gasteiger partial charge is 0.261 e. The third-order valence-electron chi connectivity index (χ3n) is 3.92. The van der Waals surface area contributed by atoms with Crippen LogP contribution in [0.25, 0.3) is 11.1 Å². The number of carbonyl (C=O) groups is 2. The minimum absolute atomic E-state index is 0.0979. The Morgan fingerprint density at radius 1 is 1.22 bits per heavy atom. The maximum absolute atomic E-state index is 12.1. The first kappa shape index (κ1) is 19.1. The SMILES string of the molecule is CC(C)(C)c1nc2cc(NC(=O)CCCNC(=O)c3cccs3)ccc2o1. The van der Waals surface area contributed by atoms with Crippen molar-refractivity contribution in [3.8, 4) is 0 Å². The summed E-state index contributed by atoms with van der Waals surface area (Å²) in [5.74, 6) is 0.471. The molecule has 1 aromatic carbocycles. The lowest BCUT2D eigenvalue weighted by Gasteiger charge is -2.11. The van der Waals surface area contributed by atoms with Crippen LogP contribution in [0.1, 0.15) is 49.2 Å². The van der Waals surface area contributed by atoms with E-state index in [4.69, 9.17) is 4.42 Å². The lowest BCUT2D eigenvalue weighted by molar-refractivity contribution is -0.116. The van der Waals surface area contributed by atoms with Crippen LogP contribution in [0.5, 0.6) is 0 Å². The van der Waals surface area contributed by atoms with Crippen LogP contribution in [-0.2, 0) is 10.2 Å². The van der Waals surface area contributed by atoms with Crippen LogP contribution in [0.4, 0.5) is 5.69 Å². The summed E-state index contributed by atoms with van der Waals surface area (Å²) < 4.78 is 5.76. The minimum Gasteiger partial charge on any atom is -0.440 e. The van der Waals surface area contributed by atoms with E-state index in [1.165, 1.54) is 11.3 Å². The van der Waals surface area contributed by atoms with Crippen LogP contribution in [0, 0.1) is 0 Å². The third-order valence-corrected chi connectivity index (χ3v) is 4.79. The number of rotatable bonds is 6. The van der Waals surface area contributed by atoms with Gasteiger partial charge in [-0.1, -0.05) is 26.8 Å². The predicted molar refractivity (Wildman–Crippen MR) is 107 cm³/mol. The summed E-state index contributed by atoms with van der Waals surface area (Å²) in [5.41, 5.74) is 1.94. The molecule has 0 aliphatic rings. The number of carbonyl (C=O) groups excluding carboxylic acids is 2. The molecule has 2 aromatic heterocycles. The molecule has 3 rings (SSSR count). The van der Waals surface area contributed by atoms with Crippen molar-refractivity contribution in [3.05, 3.63) is 46.5 Å². The largest absolute Gasteiger partial charge is 0.440 e. The Morgan fingerprint density at radius 3 is 2.74 bits per heavy atom. The van der Waals surface area contributed by atoms with Gasteiger partial charge in [-0.15, -0.1) is 11.3 Å². The van der Waals surface area contributed by atoms with E-state index in [9.17, 15) is 9.59 Å². The van der Waals surface area contributed by atoms with Crippen LogP contribution in [0.2, 0.25) is 0 Å². The summed E-state index contributed by atoms with van der Waals surface area (Å²) in [5, 5.41) is 7.54. The van der Waals surface area contributed by atoms with Gasteiger partial charge in [0.05, 0.1) is 4.88 Å². The number of benzene rings is 1. The van der Waals surface area contributed by atoms with Gasteiger partial charge in [-0.3, -0.25) is 9.59 Å². The molecule has 0 radical (unpaired) electrons.